The number of thiophene rings is 1. The van der Waals surface area contributed by atoms with Gasteiger partial charge in [-0.25, -0.2) is 0 Å². The molecule has 2 aromatic heterocycles. The Kier molecular flexibility index (Phi) is 4.10. The van der Waals surface area contributed by atoms with E-state index in [1.165, 1.54) is 0 Å². The number of hydrogen-bond donors (Lipinski definition) is 1. The van der Waals surface area contributed by atoms with E-state index in [4.69, 9.17) is 4.52 Å². The molecule has 0 saturated carbocycles. The van der Waals surface area contributed by atoms with Gasteiger partial charge in [0.15, 0.2) is 5.82 Å². The van der Waals surface area contributed by atoms with Gasteiger partial charge in [0.05, 0.1) is 12.1 Å². The van der Waals surface area contributed by atoms with Crippen LogP contribution in [0.4, 0.5) is 0 Å². The van der Waals surface area contributed by atoms with Gasteiger partial charge in [-0.2, -0.15) is 16.3 Å². The zero-order valence-corrected chi connectivity index (χ0v) is 13.7. The number of rotatable bonds is 4. The lowest BCUT2D eigenvalue weighted by Crippen LogP contribution is -2.49. The molecule has 1 N–H and O–H groups in total. The zero-order valence-electron chi connectivity index (χ0n) is 12.9. The van der Waals surface area contributed by atoms with Crippen LogP contribution in [0.3, 0.4) is 0 Å². The molecule has 3 aromatic rings. The maximum Gasteiger partial charge on any atom is 0.258 e. The molecule has 0 aliphatic carbocycles. The summed E-state index contributed by atoms with van der Waals surface area (Å²) < 4.78 is 5.34. The minimum Gasteiger partial charge on any atom is -0.353 e. The first-order chi connectivity index (χ1) is 11.8. The molecule has 0 spiro atoms. The summed E-state index contributed by atoms with van der Waals surface area (Å²) >= 11 is 1.59. The fraction of sp³-hybridized carbons (Fsp3) is 0.235. The Hall–Kier alpha value is -2.51. The van der Waals surface area contributed by atoms with Crippen molar-refractivity contribution in [3.8, 4) is 11.5 Å². The highest BCUT2D eigenvalue weighted by molar-refractivity contribution is 7.08. The van der Waals surface area contributed by atoms with E-state index in [-0.39, 0.29) is 11.9 Å². The Morgan fingerprint density at radius 1 is 1.29 bits per heavy atom. The topological polar surface area (TPSA) is 71.3 Å². The van der Waals surface area contributed by atoms with Crippen LogP contribution < -0.4 is 5.32 Å². The SMILES string of the molecule is O=C1NCCN(Cc2noc(-c3ccsc3)n2)[C@H]1c1ccccc1. The molecule has 4 rings (SSSR count). The maximum absolute atomic E-state index is 12.4. The Morgan fingerprint density at radius 3 is 2.96 bits per heavy atom. The molecule has 1 saturated heterocycles. The van der Waals surface area contributed by atoms with Crippen LogP contribution in [0.1, 0.15) is 17.4 Å². The predicted octanol–water partition coefficient (Wildman–Crippen LogP) is 2.47. The Morgan fingerprint density at radius 2 is 2.17 bits per heavy atom. The van der Waals surface area contributed by atoms with Gasteiger partial charge < -0.3 is 9.84 Å². The summed E-state index contributed by atoms with van der Waals surface area (Å²) in [6.45, 7) is 1.84. The fourth-order valence-electron chi connectivity index (χ4n) is 2.89. The van der Waals surface area contributed by atoms with E-state index in [0.717, 1.165) is 17.7 Å². The summed E-state index contributed by atoms with van der Waals surface area (Å²) in [7, 11) is 0. The molecular weight excluding hydrogens is 324 g/mol. The highest BCUT2D eigenvalue weighted by atomic mass is 32.1. The summed E-state index contributed by atoms with van der Waals surface area (Å²) in [4.78, 5) is 18.9. The molecule has 6 nitrogen and oxygen atoms in total. The van der Waals surface area contributed by atoms with Crippen LogP contribution in [-0.2, 0) is 11.3 Å². The van der Waals surface area contributed by atoms with Crippen molar-refractivity contribution in [1.82, 2.24) is 20.4 Å². The van der Waals surface area contributed by atoms with E-state index >= 15 is 0 Å². The normalized spacial score (nSPS) is 18.5. The van der Waals surface area contributed by atoms with Crippen LogP contribution in [-0.4, -0.2) is 34.0 Å². The number of carbonyl (C=O) groups is 1. The number of benzene rings is 1. The molecule has 0 unspecified atom stereocenters. The van der Waals surface area contributed by atoms with Gasteiger partial charge in [0.25, 0.3) is 5.89 Å². The Labute approximate surface area is 143 Å². The Balaban J connectivity index is 1.57. The standard InChI is InChI=1S/C17H16N4O2S/c22-16-15(12-4-2-1-3-5-12)21(8-7-18-16)10-14-19-17(23-20-14)13-6-9-24-11-13/h1-6,9,11,15H,7-8,10H2,(H,18,22)/t15-/m0/s1. The third-order valence-electron chi connectivity index (χ3n) is 4.01. The van der Waals surface area contributed by atoms with Crippen molar-refractivity contribution in [3.63, 3.8) is 0 Å². The van der Waals surface area contributed by atoms with Gasteiger partial charge in [-0.3, -0.25) is 9.69 Å². The van der Waals surface area contributed by atoms with Crippen molar-refractivity contribution in [3.05, 3.63) is 58.5 Å². The molecule has 3 heterocycles. The lowest BCUT2D eigenvalue weighted by atomic mass is 10.0. The van der Waals surface area contributed by atoms with Gasteiger partial charge in [-0.05, 0) is 17.0 Å². The summed E-state index contributed by atoms with van der Waals surface area (Å²) in [5.41, 5.74) is 1.89. The third-order valence-corrected chi connectivity index (χ3v) is 4.69. The second-order valence-corrected chi connectivity index (χ2v) is 6.38. The highest BCUT2D eigenvalue weighted by Crippen LogP contribution is 2.25. The summed E-state index contributed by atoms with van der Waals surface area (Å²) in [5.74, 6) is 1.12. The number of piperazine rings is 1. The number of nitrogens with zero attached hydrogens (tertiary/aromatic N) is 3. The van der Waals surface area contributed by atoms with Crippen molar-refractivity contribution in [1.29, 1.82) is 0 Å². The molecule has 1 aromatic carbocycles. The number of amides is 1. The van der Waals surface area contributed by atoms with Crippen molar-refractivity contribution in [2.24, 2.45) is 0 Å². The predicted molar refractivity (Wildman–Crippen MR) is 90.2 cm³/mol. The molecule has 1 aliphatic heterocycles. The molecule has 24 heavy (non-hydrogen) atoms. The zero-order chi connectivity index (χ0) is 16.4. The van der Waals surface area contributed by atoms with Crippen LogP contribution in [0.5, 0.6) is 0 Å². The van der Waals surface area contributed by atoms with E-state index in [9.17, 15) is 4.79 Å². The lowest BCUT2D eigenvalue weighted by Gasteiger charge is -2.34. The van der Waals surface area contributed by atoms with E-state index in [2.05, 4.69) is 20.4 Å². The molecule has 122 valence electrons. The maximum atomic E-state index is 12.4. The fourth-order valence-corrected chi connectivity index (χ4v) is 3.52. The van der Waals surface area contributed by atoms with Crippen molar-refractivity contribution < 1.29 is 9.32 Å². The third kappa shape index (κ3) is 2.95. The number of hydrogen-bond acceptors (Lipinski definition) is 6. The number of aromatic nitrogens is 2. The minimum atomic E-state index is -0.331. The van der Waals surface area contributed by atoms with E-state index in [0.29, 0.717) is 24.8 Å². The van der Waals surface area contributed by atoms with E-state index in [1.807, 2.05) is 47.2 Å². The quantitative estimate of drug-likeness (QED) is 0.790. The largest absolute Gasteiger partial charge is 0.353 e. The van der Waals surface area contributed by atoms with Gasteiger partial charge >= 0.3 is 0 Å². The van der Waals surface area contributed by atoms with Crippen LogP contribution in [0.15, 0.2) is 51.7 Å². The monoisotopic (exact) mass is 340 g/mol. The van der Waals surface area contributed by atoms with Crippen LogP contribution in [0.25, 0.3) is 11.5 Å². The average Bonchev–Trinajstić information content (AvgIpc) is 3.27. The van der Waals surface area contributed by atoms with E-state index < -0.39 is 0 Å². The highest BCUT2D eigenvalue weighted by Gasteiger charge is 2.31. The molecule has 1 amide bonds. The first kappa shape index (κ1) is 15.0. The molecule has 1 atom stereocenters. The van der Waals surface area contributed by atoms with Gasteiger partial charge in [0.1, 0.15) is 6.04 Å². The van der Waals surface area contributed by atoms with Crippen LogP contribution in [0, 0.1) is 0 Å². The number of carbonyl (C=O) groups excluding carboxylic acids is 1. The van der Waals surface area contributed by atoms with Gasteiger partial charge in [0.2, 0.25) is 5.91 Å². The second kappa shape index (κ2) is 6.54. The second-order valence-electron chi connectivity index (χ2n) is 5.60. The van der Waals surface area contributed by atoms with Crippen molar-refractivity contribution >= 4 is 17.2 Å². The first-order valence-corrected chi connectivity index (χ1v) is 8.67. The lowest BCUT2D eigenvalue weighted by molar-refractivity contribution is -0.129. The first-order valence-electron chi connectivity index (χ1n) is 7.73. The number of nitrogens with one attached hydrogen (secondary N) is 1. The summed E-state index contributed by atoms with van der Waals surface area (Å²) in [5, 5.41) is 10.9. The summed E-state index contributed by atoms with van der Waals surface area (Å²) in [6, 6.07) is 11.4. The molecular formula is C17H16N4O2S. The smallest absolute Gasteiger partial charge is 0.258 e. The van der Waals surface area contributed by atoms with Gasteiger partial charge in [0, 0.05) is 18.5 Å². The van der Waals surface area contributed by atoms with Crippen molar-refractivity contribution in [2.45, 2.75) is 12.6 Å². The minimum absolute atomic E-state index is 0.00834. The molecule has 7 heteroatoms. The molecule has 0 radical (unpaired) electrons. The molecule has 1 fully saturated rings. The average molecular weight is 340 g/mol. The summed E-state index contributed by atoms with van der Waals surface area (Å²) in [6.07, 6.45) is 0. The Bertz CT molecular complexity index is 816. The van der Waals surface area contributed by atoms with Crippen LogP contribution in [0.2, 0.25) is 0 Å². The van der Waals surface area contributed by atoms with Crippen LogP contribution >= 0.6 is 11.3 Å². The van der Waals surface area contributed by atoms with Crippen molar-refractivity contribution in [2.75, 3.05) is 13.1 Å². The van der Waals surface area contributed by atoms with E-state index in [1.54, 1.807) is 11.3 Å². The molecule has 1 aliphatic rings. The van der Waals surface area contributed by atoms with Gasteiger partial charge in [-0.15, -0.1) is 0 Å². The molecule has 0 bridgehead atoms. The van der Waals surface area contributed by atoms with Gasteiger partial charge in [-0.1, -0.05) is 35.5 Å².